The largest absolute Gasteiger partial charge is 0.482 e. The number of carbonyl (C=O) groups is 3. The summed E-state index contributed by atoms with van der Waals surface area (Å²) in [5.74, 6) is 0.736. The Hall–Kier alpha value is -3.36. The van der Waals surface area contributed by atoms with Crippen LogP contribution in [0.15, 0.2) is 36.9 Å². The molecular weight excluding hydrogens is 398 g/mol. The molecule has 0 unspecified atom stereocenters. The fourth-order valence-corrected chi connectivity index (χ4v) is 4.01. The molecule has 0 aliphatic carbocycles. The molecule has 9 heteroatoms. The molecule has 0 atom stereocenters. The fourth-order valence-electron chi connectivity index (χ4n) is 4.01. The van der Waals surface area contributed by atoms with Crippen LogP contribution in [0.2, 0.25) is 0 Å². The number of amides is 3. The van der Waals surface area contributed by atoms with Crippen LogP contribution in [0.25, 0.3) is 0 Å². The van der Waals surface area contributed by atoms with Crippen LogP contribution in [-0.2, 0) is 16.1 Å². The number of benzene rings is 1. The number of carbonyl (C=O) groups excluding carboxylic acids is 3. The second-order valence-corrected chi connectivity index (χ2v) is 8.01. The average molecular weight is 425 g/mol. The lowest BCUT2D eigenvalue weighted by Gasteiger charge is -2.32. The number of hydrogen-bond acceptors (Lipinski definition) is 5. The lowest BCUT2D eigenvalue weighted by Crippen LogP contribution is -2.40. The predicted molar refractivity (Wildman–Crippen MR) is 114 cm³/mol. The number of likely N-dealkylation sites (N-methyl/N-ethyl adjacent to an activating group) is 1. The normalized spacial score (nSPS) is 16.6. The molecule has 2 aliphatic heterocycles. The lowest BCUT2D eigenvalue weighted by atomic mass is 9.92. The number of rotatable bonds is 6. The van der Waals surface area contributed by atoms with Crippen molar-refractivity contribution in [2.24, 2.45) is 5.92 Å². The first-order chi connectivity index (χ1) is 15.0. The van der Waals surface area contributed by atoms with Gasteiger partial charge in [-0.15, -0.1) is 0 Å². The molecule has 1 aromatic heterocycles. The van der Waals surface area contributed by atoms with E-state index in [9.17, 15) is 14.4 Å². The molecule has 1 N–H and O–H groups in total. The highest BCUT2D eigenvalue weighted by Gasteiger charge is 2.27. The predicted octanol–water partition coefficient (Wildman–Crippen LogP) is 1.30. The van der Waals surface area contributed by atoms with Gasteiger partial charge in [0.15, 0.2) is 6.61 Å². The van der Waals surface area contributed by atoms with Crippen LogP contribution in [0.1, 0.15) is 29.6 Å². The van der Waals surface area contributed by atoms with E-state index >= 15 is 0 Å². The van der Waals surface area contributed by atoms with E-state index < -0.39 is 0 Å². The van der Waals surface area contributed by atoms with Crippen molar-refractivity contribution in [3.8, 4) is 5.75 Å². The maximum absolute atomic E-state index is 13.0. The summed E-state index contributed by atoms with van der Waals surface area (Å²) < 4.78 is 7.35. The van der Waals surface area contributed by atoms with Gasteiger partial charge in [0.05, 0.1) is 12.0 Å². The first-order valence-corrected chi connectivity index (χ1v) is 10.6. The highest BCUT2D eigenvalue weighted by molar-refractivity contribution is 6.01. The molecule has 1 aromatic carbocycles. The van der Waals surface area contributed by atoms with Crippen LogP contribution >= 0.6 is 0 Å². The Morgan fingerprint density at radius 3 is 2.81 bits per heavy atom. The van der Waals surface area contributed by atoms with Crippen LogP contribution in [0.5, 0.6) is 5.75 Å². The number of piperidine rings is 1. The van der Waals surface area contributed by atoms with E-state index in [0.29, 0.717) is 49.6 Å². The quantitative estimate of drug-likeness (QED) is 0.753. The van der Waals surface area contributed by atoms with Crippen molar-refractivity contribution < 1.29 is 19.1 Å². The van der Waals surface area contributed by atoms with Crippen LogP contribution in [0.3, 0.4) is 0 Å². The summed E-state index contributed by atoms with van der Waals surface area (Å²) in [6.07, 6.45) is 7.39. The van der Waals surface area contributed by atoms with Crippen molar-refractivity contribution in [3.63, 3.8) is 0 Å². The summed E-state index contributed by atoms with van der Waals surface area (Å²) in [5.41, 5.74) is 1.16. The molecule has 0 radical (unpaired) electrons. The molecule has 4 rings (SSSR count). The molecule has 0 spiro atoms. The molecule has 3 heterocycles. The molecule has 0 bridgehead atoms. The molecule has 3 amide bonds. The number of fused-ring (bicyclic) bond motifs is 1. The van der Waals surface area contributed by atoms with Crippen molar-refractivity contribution in [1.29, 1.82) is 0 Å². The molecule has 2 aromatic rings. The minimum atomic E-state index is -0.138. The van der Waals surface area contributed by atoms with Crippen LogP contribution < -0.4 is 15.0 Å². The van der Waals surface area contributed by atoms with E-state index in [-0.39, 0.29) is 30.2 Å². The van der Waals surface area contributed by atoms with E-state index in [1.54, 1.807) is 37.8 Å². The number of imidazole rings is 1. The van der Waals surface area contributed by atoms with Gasteiger partial charge in [-0.3, -0.25) is 14.4 Å². The van der Waals surface area contributed by atoms with E-state index in [1.807, 2.05) is 15.7 Å². The number of hydrogen-bond donors (Lipinski definition) is 1. The molecule has 31 heavy (non-hydrogen) atoms. The standard InChI is InChI=1S/C22H27N5O4/c1-25-18-13-17(2-3-19(18)31-14-21(25)29)22(30)27-8-4-16(5-9-27)12-20(28)24-7-11-26-10-6-23-15-26/h2-3,6,10,13,15-16H,4-5,7-9,11-12,14H2,1H3,(H,24,28). The fraction of sp³-hybridized carbons (Fsp3) is 0.455. The van der Waals surface area contributed by atoms with Gasteiger partial charge in [0.2, 0.25) is 5.91 Å². The number of nitrogens with one attached hydrogen (secondary N) is 1. The van der Waals surface area contributed by atoms with Gasteiger partial charge in [-0.05, 0) is 37.0 Å². The SMILES string of the molecule is CN1C(=O)COc2ccc(C(=O)N3CCC(CC(=O)NCCn4ccnc4)CC3)cc21. The van der Waals surface area contributed by atoms with Crippen molar-refractivity contribution >= 4 is 23.4 Å². The summed E-state index contributed by atoms with van der Waals surface area (Å²) in [6.45, 7) is 2.53. The molecule has 164 valence electrons. The van der Waals surface area contributed by atoms with Gasteiger partial charge >= 0.3 is 0 Å². The molecule has 2 aliphatic rings. The Balaban J connectivity index is 1.25. The third-order valence-corrected chi connectivity index (χ3v) is 5.92. The number of aromatic nitrogens is 2. The van der Waals surface area contributed by atoms with Crippen LogP contribution in [-0.4, -0.2) is 65.5 Å². The smallest absolute Gasteiger partial charge is 0.264 e. The monoisotopic (exact) mass is 425 g/mol. The minimum Gasteiger partial charge on any atom is -0.482 e. The average Bonchev–Trinajstić information content (AvgIpc) is 3.30. The maximum atomic E-state index is 13.0. The van der Waals surface area contributed by atoms with Gasteiger partial charge in [0.25, 0.3) is 11.8 Å². The van der Waals surface area contributed by atoms with E-state index in [0.717, 1.165) is 12.8 Å². The highest BCUT2D eigenvalue weighted by Crippen LogP contribution is 2.32. The summed E-state index contributed by atoms with van der Waals surface area (Å²) >= 11 is 0. The Morgan fingerprint density at radius 2 is 2.06 bits per heavy atom. The van der Waals surface area contributed by atoms with Crippen molar-refractivity contribution in [1.82, 2.24) is 19.8 Å². The summed E-state index contributed by atoms with van der Waals surface area (Å²) in [7, 11) is 1.68. The van der Waals surface area contributed by atoms with Gasteiger partial charge in [0.1, 0.15) is 5.75 Å². The van der Waals surface area contributed by atoms with E-state index in [2.05, 4.69) is 10.3 Å². The molecule has 9 nitrogen and oxygen atoms in total. The number of likely N-dealkylation sites (tertiary alicyclic amines) is 1. The van der Waals surface area contributed by atoms with Crippen LogP contribution in [0.4, 0.5) is 5.69 Å². The third-order valence-electron chi connectivity index (χ3n) is 5.92. The lowest BCUT2D eigenvalue weighted by molar-refractivity contribution is -0.122. The maximum Gasteiger partial charge on any atom is 0.264 e. The van der Waals surface area contributed by atoms with Gasteiger partial charge < -0.3 is 24.4 Å². The third kappa shape index (κ3) is 4.87. The zero-order chi connectivity index (χ0) is 21.8. The second kappa shape index (κ2) is 9.20. The van der Waals surface area contributed by atoms with Gasteiger partial charge in [-0.2, -0.15) is 0 Å². The topological polar surface area (TPSA) is 96.8 Å². The summed E-state index contributed by atoms with van der Waals surface area (Å²) in [5, 5.41) is 2.95. The Labute approximate surface area is 181 Å². The van der Waals surface area contributed by atoms with E-state index in [1.165, 1.54) is 4.90 Å². The van der Waals surface area contributed by atoms with Crippen LogP contribution in [0, 0.1) is 5.92 Å². The highest BCUT2D eigenvalue weighted by atomic mass is 16.5. The first-order valence-electron chi connectivity index (χ1n) is 10.6. The molecular formula is C22H27N5O4. The summed E-state index contributed by atoms with van der Waals surface area (Å²) in [4.78, 5) is 44.3. The Morgan fingerprint density at radius 1 is 1.26 bits per heavy atom. The van der Waals surface area contributed by atoms with Crippen molar-refractivity contribution in [2.75, 3.05) is 38.2 Å². The van der Waals surface area contributed by atoms with Crippen molar-refractivity contribution in [2.45, 2.75) is 25.8 Å². The Kier molecular flexibility index (Phi) is 6.20. The minimum absolute atomic E-state index is 0.0153. The van der Waals surface area contributed by atoms with Gasteiger partial charge in [-0.25, -0.2) is 4.98 Å². The van der Waals surface area contributed by atoms with E-state index in [4.69, 9.17) is 4.74 Å². The zero-order valence-corrected chi connectivity index (χ0v) is 17.6. The Bertz CT molecular complexity index is 951. The van der Waals surface area contributed by atoms with Gasteiger partial charge in [0, 0.05) is 57.6 Å². The first kappa shape index (κ1) is 20.9. The molecule has 1 saturated heterocycles. The van der Waals surface area contributed by atoms with Crippen molar-refractivity contribution in [3.05, 3.63) is 42.5 Å². The molecule has 1 fully saturated rings. The molecule has 0 saturated carbocycles. The van der Waals surface area contributed by atoms with Gasteiger partial charge in [-0.1, -0.05) is 0 Å². The second-order valence-electron chi connectivity index (χ2n) is 8.01. The summed E-state index contributed by atoms with van der Waals surface area (Å²) in [6, 6.07) is 5.20. The zero-order valence-electron chi connectivity index (χ0n) is 17.6. The number of anilines is 1. The number of ether oxygens (including phenoxy) is 1. The number of nitrogens with zero attached hydrogens (tertiary/aromatic N) is 4.